The summed E-state index contributed by atoms with van der Waals surface area (Å²) in [4.78, 5) is 10.3. The van der Waals surface area contributed by atoms with Crippen LogP contribution in [0.3, 0.4) is 0 Å². The molecule has 0 unspecified atom stereocenters. The first kappa shape index (κ1) is 11.9. The summed E-state index contributed by atoms with van der Waals surface area (Å²) in [5.41, 5.74) is -0.0334. The van der Waals surface area contributed by atoms with Gasteiger partial charge in [-0.15, -0.1) is 0 Å². The van der Waals surface area contributed by atoms with Gasteiger partial charge in [-0.25, -0.2) is 4.39 Å². The van der Waals surface area contributed by atoms with E-state index in [-0.39, 0.29) is 22.4 Å². The van der Waals surface area contributed by atoms with Crippen molar-refractivity contribution in [3.63, 3.8) is 0 Å². The number of rotatable bonds is 3. The van der Waals surface area contributed by atoms with Gasteiger partial charge in [0.05, 0.1) is 9.95 Å². The van der Waals surface area contributed by atoms with Gasteiger partial charge < -0.3 is 5.32 Å². The Morgan fingerprint density at radius 3 is 2.65 bits per heavy atom. The first-order valence-corrected chi connectivity index (χ1v) is 5.50. The number of nitrogens with one attached hydrogen (secondary N) is 1. The van der Waals surface area contributed by atoms with E-state index >= 15 is 0 Å². The fourth-order valence-corrected chi connectivity index (χ4v) is 1.92. The lowest BCUT2D eigenvalue weighted by molar-refractivity contribution is -0.384. The molecule has 1 aromatic carbocycles. The van der Waals surface area contributed by atoms with Crippen LogP contribution >= 0.6 is 11.6 Å². The van der Waals surface area contributed by atoms with Crippen molar-refractivity contribution in [2.24, 2.45) is 0 Å². The molecule has 1 aliphatic carbocycles. The average molecular weight is 257 g/mol. The quantitative estimate of drug-likeness (QED) is 0.511. The molecule has 0 atom stereocenters. The summed E-state index contributed by atoms with van der Waals surface area (Å²) in [7, 11) is 0. The molecule has 0 radical (unpaired) electrons. The summed E-state index contributed by atoms with van der Waals surface area (Å²) in [6.45, 7) is 0. The number of nitro benzene ring substituents is 1. The number of anilines is 1. The van der Waals surface area contributed by atoms with E-state index in [2.05, 4.69) is 5.32 Å². The zero-order valence-electron chi connectivity index (χ0n) is 8.82. The van der Waals surface area contributed by atoms with Gasteiger partial charge in [0.2, 0.25) is 0 Å². The third kappa shape index (κ3) is 2.55. The van der Waals surface area contributed by atoms with Crippen LogP contribution in [-0.2, 0) is 0 Å². The predicted molar refractivity (Wildman–Crippen MR) is 63.8 cm³/mol. The van der Waals surface area contributed by atoms with Gasteiger partial charge in [-0.1, -0.05) is 23.8 Å². The topological polar surface area (TPSA) is 55.2 Å². The molecular weight excluding hydrogens is 247 g/mol. The molecule has 4 nitrogen and oxygen atoms in total. The van der Waals surface area contributed by atoms with E-state index in [0.29, 0.717) is 0 Å². The summed E-state index contributed by atoms with van der Waals surface area (Å²) >= 11 is 5.53. The minimum Gasteiger partial charge on any atom is -0.376 e. The Balaban J connectivity index is 2.30. The maximum Gasteiger partial charge on any atom is 0.294 e. The smallest absolute Gasteiger partial charge is 0.294 e. The van der Waals surface area contributed by atoms with Crippen molar-refractivity contribution >= 4 is 23.0 Å². The number of nitrogens with zero attached hydrogens (tertiary/aromatic N) is 1. The summed E-state index contributed by atoms with van der Waals surface area (Å²) in [5.74, 6) is -0.661. The van der Waals surface area contributed by atoms with E-state index in [1.807, 2.05) is 12.2 Å². The van der Waals surface area contributed by atoms with Crippen LogP contribution in [0.4, 0.5) is 15.8 Å². The highest BCUT2D eigenvalue weighted by Gasteiger charge is 2.20. The van der Waals surface area contributed by atoms with E-state index in [4.69, 9.17) is 11.6 Å². The fraction of sp³-hybridized carbons (Fsp3) is 0.273. The Labute approximate surface area is 102 Å². The van der Waals surface area contributed by atoms with Crippen molar-refractivity contribution in [1.29, 1.82) is 0 Å². The van der Waals surface area contributed by atoms with Gasteiger partial charge in [-0.05, 0) is 12.8 Å². The first-order chi connectivity index (χ1) is 8.08. The molecule has 0 aromatic heterocycles. The fourth-order valence-electron chi connectivity index (χ4n) is 1.76. The molecule has 0 saturated carbocycles. The van der Waals surface area contributed by atoms with Crippen LogP contribution in [0, 0.1) is 15.9 Å². The van der Waals surface area contributed by atoms with Crippen LogP contribution in [0.15, 0.2) is 24.3 Å². The van der Waals surface area contributed by atoms with E-state index < -0.39 is 10.7 Å². The van der Waals surface area contributed by atoms with E-state index in [0.717, 1.165) is 25.0 Å². The van der Waals surface area contributed by atoms with Gasteiger partial charge in [-0.3, -0.25) is 10.1 Å². The van der Waals surface area contributed by atoms with Crippen molar-refractivity contribution in [2.75, 3.05) is 5.32 Å². The Morgan fingerprint density at radius 2 is 2.06 bits per heavy atom. The van der Waals surface area contributed by atoms with Crippen LogP contribution in [0.5, 0.6) is 0 Å². The standard InChI is InChI=1S/C11H10ClFN2O2/c12-8-5-11(15(16)17)10(6-9(8)13)14-7-3-1-2-4-7/h1-2,5-7,14H,3-4H2. The summed E-state index contributed by atoms with van der Waals surface area (Å²) in [5, 5.41) is 13.5. The van der Waals surface area contributed by atoms with Crippen LogP contribution in [0.25, 0.3) is 0 Å². The average Bonchev–Trinajstić information content (AvgIpc) is 2.75. The SMILES string of the molecule is O=[N+]([O-])c1cc(Cl)c(F)cc1NC1CC=CC1. The lowest BCUT2D eigenvalue weighted by atomic mass is 10.2. The molecule has 0 aliphatic heterocycles. The first-order valence-electron chi connectivity index (χ1n) is 5.13. The van der Waals surface area contributed by atoms with Gasteiger partial charge in [0.15, 0.2) is 0 Å². The van der Waals surface area contributed by atoms with E-state index in [1.165, 1.54) is 0 Å². The molecule has 17 heavy (non-hydrogen) atoms. The minimum atomic E-state index is -0.661. The summed E-state index contributed by atoms with van der Waals surface area (Å²) < 4.78 is 13.3. The second-order valence-electron chi connectivity index (χ2n) is 3.82. The molecule has 6 heteroatoms. The lowest BCUT2D eigenvalue weighted by Gasteiger charge is -2.13. The number of nitro groups is 1. The van der Waals surface area contributed by atoms with Crippen molar-refractivity contribution in [3.8, 4) is 0 Å². The molecule has 1 aliphatic rings. The maximum absolute atomic E-state index is 13.3. The maximum atomic E-state index is 13.3. The largest absolute Gasteiger partial charge is 0.376 e. The molecule has 1 aromatic rings. The Bertz CT molecular complexity index is 483. The van der Waals surface area contributed by atoms with Gasteiger partial charge in [0.25, 0.3) is 5.69 Å². The highest BCUT2D eigenvalue weighted by molar-refractivity contribution is 6.31. The predicted octanol–water partition coefficient (Wildman–Crippen LogP) is 3.52. The van der Waals surface area contributed by atoms with E-state index in [1.54, 1.807) is 0 Å². The van der Waals surface area contributed by atoms with Crippen LogP contribution < -0.4 is 5.32 Å². The minimum absolute atomic E-state index is 0.0780. The molecule has 0 heterocycles. The molecule has 0 fully saturated rings. The second kappa shape index (κ2) is 4.71. The molecule has 2 rings (SSSR count). The molecule has 90 valence electrons. The normalized spacial score (nSPS) is 15.2. The number of hydrogen-bond donors (Lipinski definition) is 1. The molecule has 0 saturated heterocycles. The van der Waals surface area contributed by atoms with Crippen LogP contribution in [-0.4, -0.2) is 11.0 Å². The monoisotopic (exact) mass is 256 g/mol. The van der Waals surface area contributed by atoms with Gasteiger partial charge in [0, 0.05) is 18.2 Å². The molecular formula is C11H10ClFN2O2. The molecule has 0 amide bonds. The molecule has 0 bridgehead atoms. The van der Waals surface area contributed by atoms with Crippen LogP contribution in [0.2, 0.25) is 5.02 Å². The highest BCUT2D eigenvalue weighted by atomic mass is 35.5. The van der Waals surface area contributed by atoms with Gasteiger partial charge in [-0.2, -0.15) is 0 Å². The van der Waals surface area contributed by atoms with Crippen molar-refractivity contribution in [3.05, 3.63) is 45.2 Å². The van der Waals surface area contributed by atoms with Gasteiger partial charge in [0.1, 0.15) is 11.5 Å². The molecule has 1 N–H and O–H groups in total. The Kier molecular flexibility index (Phi) is 3.28. The zero-order chi connectivity index (χ0) is 12.4. The lowest BCUT2D eigenvalue weighted by Crippen LogP contribution is -2.16. The summed E-state index contributed by atoms with van der Waals surface area (Å²) in [6, 6.07) is 2.18. The third-order valence-electron chi connectivity index (χ3n) is 2.60. The summed E-state index contributed by atoms with van der Waals surface area (Å²) in [6.07, 6.45) is 5.52. The number of hydrogen-bond acceptors (Lipinski definition) is 3. The number of halogens is 2. The number of benzene rings is 1. The highest BCUT2D eigenvalue weighted by Crippen LogP contribution is 2.31. The van der Waals surface area contributed by atoms with Gasteiger partial charge >= 0.3 is 0 Å². The van der Waals surface area contributed by atoms with E-state index in [9.17, 15) is 14.5 Å². The van der Waals surface area contributed by atoms with Crippen molar-refractivity contribution in [1.82, 2.24) is 0 Å². The second-order valence-corrected chi connectivity index (χ2v) is 4.23. The third-order valence-corrected chi connectivity index (χ3v) is 2.89. The van der Waals surface area contributed by atoms with Crippen molar-refractivity contribution < 1.29 is 9.31 Å². The Hall–Kier alpha value is -1.62. The Morgan fingerprint density at radius 1 is 1.41 bits per heavy atom. The van der Waals surface area contributed by atoms with Crippen LogP contribution in [0.1, 0.15) is 12.8 Å². The van der Waals surface area contributed by atoms with Crippen molar-refractivity contribution in [2.45, 2.75) is 18.9 Å². The molecule has 0 spiro atoms. The zero-order valence-corrected chi connectivity index (χ0v) is 9.58.